The average Bonchev–Trinajstić information content (AvgIpc) is 2.20. The molecule has 0 aliphatic carbocycles. The van der Waals surface area contributed by atoms with Gasteiger partial charge in [0.05, 0.1) is 0 Å². The molecule has 15 heavy (non-hydrogen) atoms. The lowest BCUT2D eigenvalue weighted by molar-refractivity contribution is 0.624. The predicted molar refractivity (Wildman–Crippen MR) is 61.8 cm³/mol. The Bertz CT molecular complexity index is 411. The highest BCUT2D eigenvalue weighted by Crippen LogP contribution is 2.16. The van der Waals surface area contributed by atoms with Gasteiger partial charge in [0.15, 0.2) is 0 Å². The molecule has 0 bridgehead atoms. The molecule has 0 fully saturated rings. The molecule has 1 rings (SSSR count). The van der Waals surface area contributed by atoms with E-state index in [0.29, 0.717) is 23.0 Å². The van der Waals surface area contributed by atoms with Gasteiger partial charge in [-0.15, -0.1) is 0 Å². The topological polar surface area (TPSA) is 48.8 Å². The quantitative estimate of drug-likeness (QED) is 0.339. The molecular weight excluding hydrogens is 261 g/mol. The van der Waals surface area contributed by atoms with E-state index in [1.807, 2.05) is 0 Å². The minimum atomic E-state index is -0.274. The van der Waals surface area contributed by atoms with Crippen LogP contribution < -0.4 is 0 Å². The highest BCUT2D eigenvalue weighted by Gasteiger charge is 1.97. The van der Waals surface area contributed by atoms with Crippen LogP contribution in [0, 0.1) is 5.82 Å². The number of hydrogen-bond donors (Lipinski definition) is 0. The summed E-state index contributed by atoms with van der Waals surface area (Å²) in [6.07, 6.45) is 4.06. The molecule has 0 unspecified atom stereocenters. The molecule has 0 heterocycles. The van der Waals surface area contributed by atoms with E-state index in [1.165, 1.54) is 6.07 Å². The lowest BCUT2D eigenvalue weighted by Crippen LogP contribution is -1.81. The average molecular weight is 270 g/mol. The van der Waals surface area contributed by atoms with Crippen LogP contribution in [0.25, 0.3) is 16.5 Å². The molecule has 0 saturated heterocycles. The van der Waals surface area contributed by atoms with Crippen LogP contribution in [0.2, 0.25) is 0 Å². The Morgan fingerprint density at radius 1 is 1.53 bits per heavy atom. The Morgan fingerprint density at radius 2 is 2.33 bits per heavy atom. The zero-order chi connectivity index (χ0) is 11.1. The summed E-state index contributed by atoms with van der Waals surface area (Å²) in [5.41, 5.74) is 8.55. The van der Waals surface area contributed by atoms with E-state index in [-0.39, 0.29) is 5.82 Å². The lowest BCUT2D eigenvalue weighted by atomic mass is 10.2. The van der Waals surface area contributed by atoms with Crippen LogP contribution in [-0.4, -0.2) is 6.54 Å². The van der Waals surface area contributed by atoms with E-state index < -0.39 is 0 Å². The summed E-state index contributed by atoms with van der Waals surface area (Å²) >= 11 is 3.18. The van der Waals surface area contributed by atoms with Crippen LogP contribution >= 0.6 is 15.9 Å². The van der Waals surface area contributed by atoms with Crippen molar-refractivity contribution in [2.45, 2.75) is 6.42 Å². The fraction of sp³-hybridized carbons (Fsp3) is 0.200. The first-order chi connectivity index (χ1) is 7.24. The van der Waals surface area contributed by atoms with E-state index in [0.717, 1.165) is 0 Å². The van der Waals surface area contributed by atoms with Gasteiger partial charge in [-0.3, -0.25) is 0 Å². The van der Waals surface area contributed by atoms with E-state index in [2.05, 4.69) is 26.0 Å². The Kier molecular flexibility index (Phi) is 4.87. The molecule has 0 amide bonds. The molecule has 3 nitrogen and oxygen atoms in total. The minimum Gasteiger partial charge on any atom is -0.206 e. The van der Waals surface area contributed by atoms with Crippen molar-refractivity contribution >= 4 is 22.0 Å². The van der Waals surface area contributed by atoms with Gasteiger partial charge in [0.2, 0.25) is 0 Å². The Hall–Kier alpha value is -1.32. The van der Waals surface area contributed by atoms with Crippen molar-refractivity contribution in [2.24, 2.45) is 5.11 Å². The molecule has 1 aromatic carbocycles. The first-order valence-corrected chi connectivity index (χ1v) is 5.16. The van der Waals surface area contributed by atoms with Crippen molar-refractivity contribution in [3.05, 3.63) is 50.6 Å². The number of hydrogen-bond acceptors (Lipinski definition) is 1. The van der Waals surface area contributed by atoms with Crippen LogP contribution in [0.1, 0.15) is 12.0 Å². The molecule has 0 aliphatic rings. The van der Waals surface area contributed by atoms with E-state index in [1.54, 1.807) is 24.3 Å². The number of nitrogens with zero attached hydrogens (tertiary/aromatic N) is 3. The highest BCUT2D eigenvalue weighted by molar-refractivity contribution is 9.10. The van der Waals surface area contributed by atoms with Gasteiger partial charge in [-0.1, -0.05) is 39.3 Å². The highest BCUT2D eigenvalue weighted by atomic mass is 79.9. The van der Waals surface area contributed by atoms with Gasteiger partial charge in [0.1, 0.15) is 5.82 Å². The summed E-state index contributed by atoms with van der Waals surface area (Å²) in [7, 11) is 0. The van der Waals surface area contributed by atoms with Crippen molar-refractivity contribution in [2.75, 3.05) is 6.54 Å². The summed E-state index contributed by atoms with van der Waals surface area (Å²) in [5, 5.41) is 3.37. The Morgan fingerprint density at radius 3 is 3.00 bits per heavy atom. The molecule has 1 aromatic rings. The third kappa shape index (κ3) is 4.14. The van der Waals surface area contributed by atoms with E-state index >= 15 is 0 Å². The molecule has 5 heteroatoms. The zero-order valence-electron chi connectivity index (χ0n) is 7.90. The van der Waals surface area contributed by atoms with Crippen LogP contribution in [0.5, 0.6) is 0 Å². The maximum Gasteiger partial charge on any atom is 0.131 e. The van der Waals surface area contributed by atoms with Gasteiger partial charge >= 0.3 is 0 Å². The maximum atomic E-state index is 13.3. The molecule has 0 spiro atoms. The number of azide groups is 1. The number of halogens is 2. The molecule has 0 N–H and O–H groups in total. The van der Waals surface area contributed by atoms with E-state index in [9.17, 15) is 4.39 Å². The van der Waals surface area contributed by atoms with Crippen molar-refractivity contribution in [3.63, 3.8) is 0 Å². The van der Waals surface area contributed by atoms with Crippen molar-refractivity contribution in [1.29, 1.82) is 0 Å². The standard InChI is InChI=1S/C10H9BrFN3/c11-9-5-4-8(10(12)7-9)3-1-2-6-14-15-13/h1,3-5,7H,2,6H2. The van der Waals surface area contributed by atoms with E-state index in [4.69, 9.17) is 5.53 Å². The molecule has 0 aromatic heterocycles. The second-order valence-electron chi connectivity index (χ2n) is 2.81. The fourth-order valence-corrected chi connectivity index (χ4v) is 1.36. The Labute approximate surface area is 95.4 Å². The van der Waals surface area contributed by atoms with Gasteiger partial charge in [0, 0.05) is 21.5 Å². The maximum absolute atomic E-state index is 13.3. The zero-order valence-corrected chi connectivity index (χ0v) is 9.48. The van der Waals surface area contributed by atoms with Crippen LogP contribution in [0.15, 0.2) is 33.9 Å². The SMILES string of the molecule is [N-]=[N+]=NCCC=Cc1ccc(Br)cc1F. The third-order valence-corrected chi connectivity index (χ3v) is 2.21. The summed E-state index contributed by atoms with van der Waals surface area (Å²) < 4.78 is 14.0. The molecule has 0 aliphatic heterocycles. The van der Waals surface area contributed by atoms with Gasteiger partial charge in [-0.2, -0.15) is 0 Å². The van der Waals surface area contributed by atoms with Gasteiger partial charge in [0.25, 0.3) is 0 Å². The van der Waals surface area contributed by atoms with Crippen molar-refractivity contribution in [3.8, 4) is 0 Å². The largest absolute Gasteiger partial charge is 0.206 e. The molecule has 0 atom stereocenters. The summed E-state index contributed by atoms with van der Waals surface area (Å²) in [5.74, 6) is -0.274. The second-order valence-corrected chi connectivity index (χ2v) is 3.73. The summed E-state index contributed by atoms with van der Waals surface area (Å²) in [4.78, 5) is 2.62. The van der Waals surface area contributed by atoms with Crippen LogP contribution in [0.4, 0.5) is 4.39 Å². The van der Waals surface area contributed by atoms with Crippen molar-refractivity contribution < 1.29 is 4.39 Å². The fourth-order valence-electron chi connectivity index (χ4n) is 1.02. The minimum absolute atomic E-state index is 0.274. The van der Waals surface area contributed by atoms with Gasteiger partial charge in [-0.25, -0.2) is 4.39 Å². The predicted octanol–water partition coefficient (Wildman–Crippen LogP) is 4.30. The Balaban J connectivity index is 2.60. The lowest BCUT2D eigenvalue weighted by Gasteiger charge is -1.96. The smallest absolute Gasteiger partial charge is 0.131 e. The van der Waals surface area contributed by atoms with Crippen LogP contribution in [-0.2, 0) is 0 Å². The third-order valence-electron chi connectivity index (χ3n) is 1.72. The first kappa shape index (κ1) is 11.8. The molecule has 0 saturated carbocycles. The number of benzene rings is 1. The van der Waals surface area contributed by atoms with Gasteiger partial charge < -0.3 is 0 Å². The van der Waals surface area contributed by atoms with Crippen LogP contribution in [0.3, 0.4) is 0 Å². The molecule has 78 valence electrons. The van der Waals surface area contributed by atoms with Gasteiger partial charge in [-0.05, 0) is 24.1 Å². The first-order valence-electron chi connectivity index (χ1n) is 4.36. The van der Waals surface area contributed by atoms with Crippen molar-refractivity contribution in [1.82, 2.24) is 0 Å². The molecular formula is C10H9BrFN3. The summed E-state index contributed by atoms with van der Waals surface area (Å²) in [6.45, 7) is 0.394. The summed E-state index contributed by atoms with van der Waals surface area (Å²) in [6, 6.07) is 4.87. The monoisotopic (exact) mass is 269 g/mol. The second kappa shape index (κ2) is 6.22. The molecule has 0 radical (unpaired) electrons. The normalized spacial score (nSPS) is 10.3. The number of rotatable bonds is 4.